The van der Waals surface area contributed by atoms with Gasteiger partial charge in [-0.2, -0.15) is 5.10 Å². The van der Waals surface area contributed by atoms with Crippen LogP contribution in [0, 0.1) is 0 Å². The summed E-state index contributed by atoms with van der Waals surface area (Å²) in [7, 11) is 0. The zero-order valence-electron chi connectivity index (χ0n) is 16.1. The van der Waals surface area contributed by atoms with Crippen molar-refractivity contribution < 1.29 is 9.47 Å². The van der Waals surface area contributed by atoms with Gasteiger partial charge < -0.3 is 19.7 Å². The van der Waals surface area contributed by atoms with Crippen LogP contribution in [0.5, 0.6) is 0 Å². The maximum Gasteiger partial charge on any atom is 0.285 e. The molecule has 1 aromatic heterocycles. The smallest absolute Gasteiger partial charge is 0.285 e. The monoisotopic (exact) mass is 417 g/mol. The molecule has 9 heteroatoms. The predicted molar refractivity (Wildman–Crippen MR) is 111 cm³/mol. The Kier molecular flexibility index (Phi) is 6.21. The van der Waals surface area contributed by atoms with Crippen LogP contribution >= 0.6 is 11.6 Å². The summed E-state index contributed by atoms with van der Waals surface area (Å²) in [4.78, 5) is 16.0. The van der Waals surface area contributed by atoms with Crippen LogP contribution in [0.25, 0.3) is 0 Å². The lowest BCUT2D eigenvalue weighted by Crippen LogP contribution is -2.47. The Morgan fingerprint density at radius 2 is 2.07 bits per heavy atom. The number of anilines is 1. The number of hydrogen-bond acceptors (Lipinski definition) is 7. The molecule has 0 aromatic carbocycles. The second-order valence-corrected chi connectivity index (χ2v) is 7.39. The zero-order chi connectivity index (χ0) is 20.1. The minimum atomic E-state index is -0.387. The molecule has 0 spiro atoms. The van der Waals surface area contributed by atoms with Crippen molar-refractivity contribution in [2.24, 2.45) is 0 Å². The van der Waals surface area contributed by atoms with Gasteiger partial charge in [0.15, 0.2) is 12.0 Å². The van der Waals surface area contributed by atoms with E-state index in [1.807, 2.05) is 0 Å². The van der Waals surface area contributed by atoms with Gasteiger partial charge in [-0.15, -0.1) is 0 Å². The van der Waals surface area contributed by atoms with Crippen molar-refractivity contribution in [2.75, 3.05) is 44.6 Å². The molecule has 0 atom stereocenters. The molecular formula is C20H24ClN5O3. The van der Waals surface area contributed by atoms with Crippen LogP contribution in [0.4, 0.5) is 5.69 Å². The van der Waals surface area contributed by atoms with Crippen molar-refractivity contribution in [2.45, 2.75) is 12.8 Å². The van der Waals surface area contributed by atoms with Crippen LogP contribution in [-0.4, -0.2) is 59.3 Å². The number of piperazine rings is 1. The molecule has 3 heterocycles. The van der Waals surface area contributed by atoms with Gasteiger partial charge in [0.25, 0.3) is 5.56 Å². The number of nitrogens with zero attached hydrogens (tertiary/aromatic N) is 3. The normalized spacial score (nSPS) is 19.6. The highest BCUT2D eigenvalue weighted by Gasteiger charge is 2.22. The van der Waals surface area contributed by atoms with Crippen LogP contribution in [0.15, 0.2) is 59.0 Å². The van der Waals surface area contributed by atoms with Crippen LogP contribution < -0.4 is 10.9 Å². The molecule has 3 aliphatic rings. The minimum Gasteiger partial charge on any atom is -0.456 e. The second-order valence-electron chi connectivity index (χ2n) is 7.01. The summed E-state index contributed by atoms with van der Waals surface area (Å²) in [6.07, 6.45) is 13.2. The molecule has 4 rings (SSSR count). The third kappa shape index (κ3) is 4.83. The molecule has 1 fully saturated rings. The third-order valence-electron chi connectivity index (χ3n) is 5.13. The number of nitrogens with one attached hydrogen (secondary N) is 2. The lowest BCUT2D eigenvalue weighted by Gasteiger charge is -2.36. The molecule has 8 nitrogen and oxygen atoms in total. The molecule has 154 valence electrons. The van der Waals surface area contributed by atoms with E-state index < -0.39 is 0 Å². The van der Waals surface area contributed by atoms with Gasteiger partial charge in [0.05, 0.1) is 11.9 Å². The quantitative estimate of drug-likeness (QED) is 0.735. The molecule has 1 aliphatic carbocycles. The van der Waals surface area contributed by atoms with E-state index in [4.69, 9.17) is 21.1 Å². The van der Waals surface area contributed by atoms with E-state index in [2.05, 4.69) is 43.5 Å². The van der Waals surface area contributed by atoms with Crippen LogP contribution in [-0.2, 0) is 9.47 Å². The summed E-state index contributed by atoms with van der Waals surface area (Å²) in [5, 5.41) is 9.37. The number of halogens is 1. The molecule has 0 amide bonds. The number of allylic oxidation sites excluding steroid dienone is 4. The second kappa shape index (κ2) is 9.19. The van der Waals surface area contributed by atoms with E-state index in [1.165, 1.54) is 6.20 Å². The largest absolute Gasteiger partial charge is 0.456 e. The first-order chi connectivity index (χ1) is 14.2. The van der Waals surface area contributed by atoms with Crippen molar-refractivity contribution in [3.05, 3.63) is 69.5 Å². The van der Waals surface area contributed by atoms with E-state index in [0.29, 0.717) is 12.2 Å². The molecule has 29 heavy (non-hydrogen) atoms. The number of aromatic amines is 1. The van der Waals surface area contributed by atoms with Crippen molar-refractivity contribution in [1.82, 2.24) is 20.0 Å². The highest BCUT2D eigenvalue weighted by Crippen LogP contribution is 2.26. The molecule has 1 aromatic rings. The van der Waals surface area contributed by atoms with E-state index in [0.717, 1.165) is 62.8 Å². The first-order valence-corrected chi connectivity index (χ1v) is 10.1. The van der Waals surface area contributed by atoms with Gasteiger partial charge in [-0.05, 0) is 18.4 Å². The molecular weight excluding hydrogens is 394 g/mol. The number of hydrogen-bond donors (Lipinski definition) is 2. The number of rotatable bonds is 6. The molecule has 0 unspecified atom stereocenters. The molecule has 0 bridgehead atoms. The fourth-order valence-electron chi connectivity index (χ4n) is 3.44. The summed E-state index contributed by atoms with van der Waals surface area (Å²) >= 11 is 5.97. The fraction of sp³-hybridized carbons (Fsp3) is 0.400. The van der Waals surface area contributed by atoms with E-state index in [-0.39, 0.29) is 10.6 Å². The van der Waals surface area contributed by atoms with Crippen molar-refractivity contribution in [3.63, 3.8) is 0 Å². The van der Waals surface area contributed by atoms with Crippen LogP contribution in [0.1, 0.15) is 12.8 Å². The Hall–Kier alpha value is -2.71. The standard InChI is InChI=1S/C20H24ClN5O3/c21-19-16(12-23-24-20(19)27)22-6-7-25-8-10-26(11-9-25)18-14-28-17(13-29-18)15-4-2-1-3-5-15/h1-2,4,12-14H,3,5-11H2,(H2,22,24,27). The Bertz CT molecular complexity index is 913. The fourth-order valence-corrected chi connectivity index (χ4v) is 3.60. The third-order valence-corrected chi connectivity index (χ3v) is 5.50. The number of H-pyrrole nitrogens is 1. The summed E-state index contributed by atoms with van der Waals surface area (Å²) < 4.78 is 11.6. The average molecular weight is 418 g/mol. The highest BCUT2D eigenvalue weighted by molar-refractivity contribution is 6.32. The minimum absolute atomic E-state index is 0.138. The predicted octanol–water partition coefficient (Wildman–Crippen LogP) is 2.42. The topological polar surface area (TPSA) is 82.7 Å². The highest BCUT2D eigenvalue weighted by atomic mass is 35.5. The first-order valence-electron chi connectivity index (χ1n) is 9.75. The number of aromatic nitrogens is 2. The summed E-state index contributed by atoms with van der Waals surface area (Å²) in [5.74, 6) is 1.54. The molecule has 0 saturated carbocycles. The molecule has 2 N–H and O–H groups in total. The molecule has 2 aliphatic heterocycles. The summed E-state index contributed by atoms with van der Waals surface area (Å²) in [6, 6.07) is 0. The number of ether oxygens (including phenoxy) is 2. The molecule has 0 radical (unpaired) electrons. The maximum atomic E-state index is 11.5. The summed E-state index contributed by atoms with van der Waals surface area (Å²) in [5.41, 5.74) is 1.33. The van der Waals surface area contributed by atoms with Gasteiger partial charge in [0, 0.05) is 39.3 Å². The Balaban J connectivity index is 1.20. The summed E-state index contributed by atoms with van der Waals surface area (Å²) in [6.45, 7) is 5.07. The lowest BCUT2D eigenvalue weighted by atomic mass is 10.0. The SMILES string of the molecule is O=c1[nH]ncc(NCCN2CCN(C3=COC(C4=CC=CCC4)=CO3)CC2)c1Cl. The van der Waals surface area contributed by atoms with Gasteiger partial charge >= 0.3 is 0 Å². The first kappa shape index (κ1) is 19.6. The van der Waals surface area contributed by atoms with Crippen molar-refractivity contribution >= 4 is 17.3 Å². The molecule has 1 saturated heterocycles. The van der Waals surface area contributed by atoms with Gasteiger partial charge in [-0.25, -0.2) is 5.10 Å². The van der Waals surface area contributed by atoms with Crippen molar-refractivity contribution in [1.29, 1.82) is 0 Å². The van der Waals surface area contributed by atoms with Crippen molar-refractivity contribution in [3.8, 4) is 0 Å². The van der Waals surface area contributed by atoms with E-state index >= 15 is 0 Å². The van der Waals surface area contributed by atoms with E-state index in [9.17, 15) is 4.79 Å². The van der Waals surface area contributed by atoms with Crippen LogP contribution in [0.3, 0.4) is 0 Å². The van der Waals surface area contributed by atoms with Gasteiger partial charge in [-0.1, -0.05) is 29.8 Å². The lowest BCUT2D eigenvalue weighted by molar-refractivity contribution is 0.0862. The average Bonchev–Trinajstić information content (AvgIpc) is 2.78. The van der Waals surface area contributed by atoms with Gasteiger partial charge in [0.2, 0.25) is 5.88 Å². The Morgan fingerprint density at radius 1 is 1.21 bits per heavy atom. The maximum absolute atomic E-state index is 11.5. The Morgan fingerprint density at radius 3 is 2.79 bits per heavy atom. The van der Waals surface area contributed by atoms with E-state index in [1.54, 1.807) is 12.5 Å². The van der Waals surface area contributed by atoms with Gasteiger partial charge in [0.1, 0.15) is 11.3 Å². The Labute approximate surface area is 174 Å². The zero-order valence-corrected chi connectivity index (χ0v) is 16.8. The van der Waals surface area contributed by atoms with Gasteiger partial charge in [-0.3, -0.25) is 9.69 Å². The van der Waals surface area contributed by atoms with Crippen LogP contribution in [0.2, 0.25) is 5.02 Å².